The van der Waals surface area contributed by atoms with Crippen LogP contribution in [0, 0.1) is 17.8 Å². The summed E-state index contributed by atoms with van der Waals surface area (Å²) in [6.07, 6.45) is 8.77. The predicted octanol–water partition coefficient (Wildman–Crippen LogP) is 7.56. The third kappa shape index (κ3) is 9.03. The van der Waals surface area contributed by atoms with E-state index in [1.54, 1.807) is 6.07 Å². The Bertz CT molecular complexity index is 969. The first-order valence-electron chi connectivity index (χ1n) is 12.2. The van der Waals surface area contributed by atoms with Crippen LogP contribution >= 0.6 is 15.9 Å². The van der Waals surface area contributed by atoms with E-state index in [2.05, 4.69) is 68.0 Å². The van der Waals surface area contributed by atoms with Gasteiger partial charge in [0.1, 0.15) is 11.4 Å². The number of benzene rings is 1. The molecule has 2 rings (SSSR count). The molecule has 0 bridgehead atoms. The third-order valence-corrected chi connectivity index (χ3v) is 11.8. The van der Waals surface area contributed by atoms with Crippen molar-refractivity contribution in [3.63, 3.8) is 0 Å². The van der Waals surface area contributed by atoms with Crippen LogP contribution in [0.25, 0.3) is 6.08 Å². The predicted molar refractivity (Wildman–Crippen MR) is 148 cm³/mol. The highest BCUT2D eigenvalue weighted by molar-refractivity contribution is 9.10. The Hall–Kier alpha value is -1.70. The van der Waals surface area contributed by atoms with Crippen LogP contribution in [-0.4, -0.2) is 32.5 Å². The second kappa shape index (κ2) is 11.6. The van der Waals surface area contributed by atoms with E-state index in [-0.39, 0.29) is 34.7 Å². The molecule has 0 spiro atoms. The average molecular weight is 566 g/mol. The Morgan fingerprint density at radius 1 is 1.09 bits per heavy atom. The molecule has 0 fully saturated rings. The summed E-state index contributed by atoms with van der Waals surface area (Å²) < 4.78 is 18.3. The van der Waals surface area contributed by atoms with Crippen molar-refractivity contribution >= 4 is 42.3 Å². The summed E-state index contributed by atoms with van der Waals surface area (Å²) in [5, 5.41) is 0.120. The number of allylic oxidation sites excluding steroid dienone is 2. The molecule has 1 aromatic carbocycles. The zero-order valence-electron chi connectivity index (χ0n) is 22.6. The molecule has 0 radical (unpaired) electrons. The van der Waals surface area contributed by atoms with E-state index >= 15 is 0 Å². The monoisotopic (exact) mass is 564 g/mol. The molecule has 1 aliphatic rings. The molecule has 0 aromatic heterocycles. The first-order chi connectivity index (χ1) is 16.0. The lowest BCUT2D eigenvalue weighted by molar-refractivity contribution is -0.156. The second-order valence-corrected chi connectivity index (χ2v) is 17.5. The van der Waals surface area contributed by atoms with Crippen molar-refractivity contribution in [2.45, 2.75) is 78.6 Å². The van der Waals surface area contributed by atoms with Crippen LogP contribution in [0.4, 0.5) is 0 Å². The van der Waals surface area contributed by atoms with Crippen LogP contribution in [0.3, 0.4) is 0 Å². The maximum Gasteiger partial charge on any atom is 0.308 e. The maximum absolute atomic E-state index is 12.8. The molecule has 35 heavy (non-hydrogen) atoms. The maximum atomic E-state index is 12.8. The van der Waals surface area contributed by atoms with Crippen molar-refractivity contribution < 1.29 is 23.5 Å². The summed E-state index contributed by atoms with van der Waals surface area (Å²) in [6.45, 7) is 18.8. The van der Waals surface area contributed by atoms with Crippen LogP contribution < -0.4 is 4.74 Å². The van der Waals surface area contributed by atoms with Gasteiger partial charge in [-0.15, -0.1) is 0 Å². The number of esters is 2. The van der Waals surface area contributed by atoms with Gasteiger partial charge in [-0.1, -0.05) is 61.0 Å². The molecule has 0 unspecified atom stereocenters. The Kier molecular flexibility index (Phi) is 9.76. The van der Waals surface area contributed by atoms with Gasteiger partial charge in [-0.3, -0.25) is 9.59 Å². The molecule has 7 heteroatoms. The smallest absolute Gasteiger partial charge is 0.308 e. The Morgan fingerprint density at radius 3 is 2.31 bits per heavy atom. The molecule has 0 aliphatic heterocycles. The number of carbonyl (C=O) groups is 2. The van der Waals surface area contributed by atoms with Crippen molar-refractivity contribution in [2.24, 2.45) is 17.8 Å². The van der Waals surface area contributed by atoms with Gasteiger partial charge in [0.25, 0.3) is 0 Å². The molecule has 194 valence electrons. The van der Waals surface area contributed by atoms with Gasteiger partial charge in [0.15, 0.2) is 8.32 Å². The first-order valence-corrected chi connectivity index (χ1v) is 15.9. The summed E-state index contributed by atoms with van der Waals surface area (Å²) in [5.74, 6) is 0.166. The van der Waals surface area contributed by atoms with Crippen LogP contribution in [0.15, 0.2) is 40.9 Å². The van der Waals surface area contributed by atoms with Crippen LogP contribution in [-0.2, 0) is 18.8 Å². The second-order valence-electron chi connectivity index (χ2n) is 11.8. The minimum Gasteiger partial charge on any atom is -0.460 e. The highest BCUT2D eigenvalue weighted by Crippen LogP contribution is 2.40. The van der Waals surface area contributed by atoms with Crippen LogP contribution in [0.5, 0.6) is 5.75 Å². The Balaban J connectivity index is 2.24. The molecule has 1 aliphatic carbocycles. The van der Waals surface area contributed by atoms with Crippen LogP contribution in [0.2, 0.25) is 18.1 Å². The lowest BCUT2D eigenvalue weighted by Crippen LogP contribution is -2.42. The fraction of sp³-hybridized carbons (Fsp3) is 0.571. The number of ether oxygens (including phenoxy) is 2. The fourth-order valence-corrected chi connectivity index (χ4v) is 5.13. The summed E-state index contributed by atoms with van der Waals surface area (Å²) in [6, 6.07) is 5.43. The summed E-state index contributed by atoms with van der Waals surface area (Å²) >= 11 is 3.57. The molecule has 5 nitrogen and oxygen atoms in total. The average Bonchev–Trinajstić information content (AvgIpc) is 3.05. The van der Waals surface area contributed by atoms with Gasteiger partial charge in [0.05, 0.1) is 0 Å². The third-order valence-electron chi connectivity index (χ3n) is 6.62. The first kappa shape index (κ1) is 29.5. The topological polar surface area (TPSA) is 61.8 Å². The van der Waals surface area contributed by atoms with Gasteiger partial charge in [0.2, 0.25) is 0 Å². The largest absolute Gasteiger partial charge is 0.460 e. The fourth-order valence-electron chi connectivity index (χ4n) is 3.71. The summed E-state index contributed by atoms with van der Waals surface area (Å²) in [5.41, 5.74) is 0.373. The zero-order chi connectivity index (χ0) is 26.6. The van der Waals surface area contributed by atoms with E-state index in [9.17, 15) is 9.59 Å². The molecule has 1 aromatic rings. The van der Waals surface area contributed by atoms with Crippen molar-refractivity contribution in [2.75, 3.05) is 6.61 Å². The van der Waals surface area contributed by atoms with E-state index < -0.39 is 13.9 Å². The lowest BCUT2D eigenvalue weighted by Gasteiger charge is -2.37. The molecular weight excluding hydrogens is 524 g/mol. The van der Waals surface area contributed by atoms with Crippen molar-refractivity contribution in [3.05, 3.63) is 46.5 Å². The normalized spacial score (nSPS) is 20.9. The molecule has 0 amide bonds. The minimum absolute atomic E-state index is 0.0429. The van der Waals surface area contributed by atoms with Gasteiger partial charge in [0, 0.05) is 30.3 Å². The minimum atomic E-state index is -1.92. The SMILES string of the molecule is CC(=O)Oc1ccc(Br)c(/C=C\[C@@H]2C=C[C@@H](CO[Si](C)(C)C(C)(C)C)[C@H]2CC(=O)OC(C)(C)C)c1. The van der Waals surface area contributed by atoms with E-state index in [1.807, 2.05) is 39.0 Å². The van der Waals surface area contributed by atoms with E-state index in [0.29, 0.717) is 18.8 Å². The van der Waals surface area contributed by atoms with Gasteiger partial charge >= 0.3 is 11.9 Å². The van der Waals surface area contributed by atoms with Gasteiger partial charge in [-0.25, -0.2) is 0 Å². The molecular formula is C28H41BrO5Si. The molecule has 0 N–H and O–H groups in total. The van der Waals surface area contributed by atoms with E-state index in [1.165, 1.54) is 6.92 Å². The number of hydrogen-bond donors (Lipinski definition) is 0. The lowest BCUT2D eigenvalue weighted by atomic mass is 9.85. The Labute approximate surface area is 220 Å². The van der Waals surface area contributed by atoms with Gasteiger partial charge in [-0.05, 0) is 74.5 Å². The highest BCUT2D eigenvalue weighted by atomic mass is 79.9. The van der Waals surface area contributed by atoms with Gasteiger partial charge < -0.3 is 13.9 Å². The quantitative estimate of drug-likeness (QED) is 0.141. The highest BCUT2D eigenvalue weighted by Gasteiger charge is 2.40. The van der Waals surface area contributed by atoms with Crippen molar-refractivity contribution in [3.8, 4) is 5.75 Å². The zero-order valence-corrected chi connectivity index (χ0v) is 25.2. The Morgan fingerprint density at radius 2 is 1.74 bits per heavy atom. The van der Waals surface area contributed by atoms with E-state index in [4.69, 9.17) is 13.9 Å². The summed E-state index contributed by atoms with van der Waals surface area (Å²) in [7, 11) is -1.92. The number of hydrogen-bond acceptors (Lipinski definition) is 5. The van der Waals surface area contributed by atoms with E-state index in [0.717, 1.165) is 10.0 Å². The van der Waals surface area contributed by atoms with Crippen LogP contribution in [0.1, 0.15) is 60.5 Å². The molecule has 0 heterocycles. The molecule has 0 saturated heterocycles. The number of halogens is 1. The standard InChI is InChI=1S/C28H41BrO5Si/c1-19(30)33-23-14-15-25(29)21(16-23)12-10-20-11-13-22(18-32-35(8,9)28(5,6)7)24(20)17-26(31)34-27(2,3)4/h10-16,20,22,24H,17-18H2,1-9H3/b12-10-/t20-,22+,24+/m1/s1. The molecule has 3 atom stereocenters. The number of carbonyl (C=O) groups excluding carboxylic acids is 2. The number of rotatable bonds is 8. The molecule has 0 saturated carbocycles. The van der Waals surface area contributed by atoms with Gasteiger partial charge in [-0.2, -0.15) is 0 Å². The van der Waals surface area contributed by atoms with Crippen molar-refractivity contribution in [1.82, 2.24) is 0 Å². The van der Waals surface area contributed by atoms with Crippen molar-refractivity contribution in [1.29, 1.82) is 0 Å². The summed E-state index contributed by atoms with van der Waals surface area (Å²) in [4.78, 5) is 24.1.